The third-order valence-electron chi connectivity index (χ3n) is 24.2. The van der Waals surface area contributed by atoms with Gasteiger partial charge in [-0.2, -0.15) is 0 Å². The van der Waals surface area contributed by atoms with Crippen molar-refractivity contribution in [3.05, 3.63) is 12.2 Å². The van der Waals surface area contributed by atoms with E-state index in [-0.39, 0.29) is 29.8 Å². The van der Waals surface area contributed by atoms with Crippen molar-refractivity contribution >= 4 is 0 Å². The molecule has 1 spiro atoms. The number of rotatable bonds is 14. The second-order valence-electron chi connectivity index (χ2n) is 29.4. The maximum absolute atomic E-state index is 12.1. The summed E-state index contributed by atoms with van der Waals surface area (Å²) in [6.07, 6.45) is -32.7. The van der Waals surface area contributed by atoms with Gasteiger partial charge in [0.2, 0.25) is 0 Å². The Morgan fingerprint density at radius 3 is 1.55 bits per heavy atom. The predicted octanol–water partition coefficient (Wildman–Crippen LogP) is -3.72. The van der Waals surface area contributed by atoms with Gasteiger partial charge in [-0.25, -0.2) is 0 Å². The van der Waals surface area contributed by atoms with Crippen molar-refractivity contribution < 1.29 is 134 Å². The number of aliphatic hydroxyl groups excluding tert-OH is 16. The van der Waals surface area contributed by atoms with E-state index in [2.05, 4.69) is 46.8 Å². The van der Waals surface area contributed by atoms with Crippen molar-refractivity contribution in [2.45, 2.75) is 278 Å². The lowest BCUT2D eigenvalue weighted by atomic mass is 9.32. The lowest BCUT2D eigenvalue weighted by Crippen LogP contribution is -2.73. The number of allylic oxidation sites excluding steroid dienone is 1. The molecule has 2 bridgehead atoms. The van der Waals surface area contributed by atoms with E-state index in [0.29, 0.717) is 38.7 Å². The Labute approximate surface area is 505 Å². The Bertz CT molecular complexity index is 2420. The zero-order valence-electron chi connectivity index (χ0n) is 50.8. The molecule has 5 aliphatic carbocycles. The van der Waals surface area contributed by atoms with Crippen LogP contribution < -0.4 is 0 Å². The molecule has 11 rings (SSSR count). The summed E-state index contributed by atoms with van der Waals surface area (Å²) in [6.45, 7) is 14.0. The first-order valence-corrected chi connectivity index (χ1v) is 31.3. The van der Waals surface area contributed by atoms with Crippen molar-refractivity contribution in [1.29, 1.82) is 0 Å². The Hall–Kier alpha value is -1.34. The Balaban J connectivity index is 0.886. The minimum atomic E-state index is -2.05. The summed E-state index contributed by atoms with van der Waals surface area (Å²) >= 11 is 0. The van der Waals surface area contributed by atoms with Crippen LogP contribution in [0.5, 0.6) is 0 Å². The molecule has 4 saturated carbocycles. The number of hydrogen-bond acceptors (Lipinski definition) is 27. The summed E-state index contributed by atoms with van der Waals surface area (Å²) in [4.78, 5) is 0. The summed E-state index contributed by atoms with van der Waals surface area (Å²) in [6, 6.07) is 0. The smallest absolute Gasteiger partial charge is 0.187 e. The highest BCUT2D eigenvalue weighted by atomic mass is 16.8. The lowest BCUT2D eigenvalue weighted by Gasteiger charge is -2.73. The molecule has 6 heterocycles. The molecule has 27 heteroatoms. The normalized spacial score (nSPS) is 58.2. The monoisotopic (exact) mass is 1250 g/mol. The van der Waals surface area contributed by atoms with Crippen LogP contribution in [0.2, 0.25) is 0 Å². The van der Waals surface area contributed by atoms with E-state index < -0.39 is 218 Å². The van der Waals surface area contributed by atoms with Crippen LogP contribution in [0.1, 0.15) is 107 Å². The molecule has 36 atom stereocenters. The summed E-state index contributed by atoms with van der Waals surface area (Å²) in [5.41, 5.74) is -3.95. The first-order chi connectivity index (χ1) is 40.9. The van der Waals surface area contributed by atoms with Gasteiger partial charge in [-0.3, -0.25) is 0 Å². The summed E-state index contributed by atoms with van der Waals surface area (Å²) in [5, 5.41) is 176. The molecule has 0 radical (unpaired) electrons. The summed E-state index contributed by atoms with van der Waals surface area (Å²) < 4.78 is 69.9. The Morgan fingerprint density at radius 1 is 0.448 bits per heavy atom. The third kappa shape index (κ3) is 10.4. The van der Waals surface area contributed by atoms with Gasteiger partial charge in [0.05, 0.1) is 63.1 Å². The summed E-state index contributed by atoms with van der Waals surface area (Å²) in [5.74, 6) is -0.389. The average molecular weight is 1250 g/mol. The molecule has 6 aliphatic heterocycles. The molecule has 87 heavy (non-hydrogen) atoms. The zero-order chi connectivity index (χ0) is 63.2. The van der Waals surface area contributed by atoms with Crippen LogP contribution in [0.15, 0.2) is 12.2 Å². The van der Waals surface area contributed by atoms with Crippen LogP contribution in [-0.2, 0) is 52.1 Å². The SMILES string of the molecule is C[C@@H]1O[C@@H](O[C@H]2[C@H](O)[C@@H](O)[C@H](O[C@H]3[C@@H](O)[C@@H](C)O[C@@H](O[C@H]4CC[C@@]5(C)C(CC[C@]6(C)[C@@H]5C=C[C@]57OC[C@@]8(CCC(C)(C)C[C@H]85)[C@@H](O[C@@H]5O[C@H](CO)[C@@H](O)[C@H](O)[C@H]5O)C[C@]76C)[C@]4(C)CO)[C@@H]3O[C@@H]3O[C@H](CO)[C@@H](O)[C@H](O)[C@H]3O)O[C@@H]2CO)[C@H](O)[C@H](O)[C@H]1O. The molecular formula is C60H98O27. The maximum atomic E-state index is 12.1. The molecule has 0 amide bonds. The van der Waals surface area contributed by atoms with E-state index in [1.807, 2.05) is 6.92 Å². The number of ether oxygens (including phenoxy) is 11. The van der Waals surface area contributed by atoms with Gasteiger partial charge in [0, 0.05) is 22.2 Å². The third-order valence-corrected chi connectivity index (χ3v) is 24.2. The first-order valence-electron chi connectivity index (χ1n) is 31.3. The largest absolute Gasteiger partial charge is 0.396 e. The van der Waals surface area contributed by atoms with Gasteiger partial charge >= 0.3 is 0 Å². The molecule has 0 aromatic rings. The summed E-state index contributed by atoms with van der Waals surface area (Å²) in [7, 11) is 0. The van der Waals surface area contributed by atoms with Gasteiger partial charge in [0.25, 0.3) is 0 Å². The predicted molar refractivity (Wildman–Crippen MR) is 293 cm³/mol. The Morgan fingerprint density at radius 2 is 0.954 bits per heavy atom. The molecule has 0 aromatic heterocycles. The van der Waals surface area contributed by atoms with Crippen molar-refractivity contribution in [3.8, 4) is 0 Å². The standard InChI is InChI=1S/C60H98O27/c1-24-34(65)38(69)42(73)49(78-24)85-46-28(21-63)82-52(45(76)41(46)72)86-47-35(66)25(2)79-53(48(47)87-51-44(75)40(71)37(68)27(20-62)81-51)83-32-11-12-55(5)29(56(32,6)22-64)9-13-57(7)30(55)10-14-60-31-17-54(3,4)15-16-59(31,23-77-60)33(18-58(57,60)8)84-50-43(74)39(70)36(67)26(19-61)80-50/h10,14,24-53,61-76H,9,11-13,15-23H2,1-8H3/t24-,25+,26+,27+,28+,29?,30+,31+,32-,33-,34-,35-,36+,37+,38+,39-,40-,41+,42+,43+,44+,45+,46+,47-,48+,49-,50-,51-,52-,53-,55-,56-,57+,58-,59+,60-/m0/s1. The van der Waals surface area contributed by atoms with E-state index in [4.69, 9.17) is 52.1 Å². The van der Waals surface area contributed by atoms with Gasteiger partial charge in [0.1, 0.15) is 110 Å². The zero-order valence-corrected chi connectivity index (χ0v) is 50.8. The van der Waals surface area contributed by atoms with Crippen molar-refractivity contribution in [3.63, 3.8) is 0 Å². The van der Waals surface area contributed by atoms with Gasteiger partial charge in [-0.1, -0.05) is 53.7 Å². The minimum absolute atomic E-state index is 0.0241. The molecule has 0 aromatic carbocycles. The van der Waals surface area contributed by atoms with Crippen molar-refractivity contribution in [1.82, 2.24) is 0 Å². The van der Waals surface area contributed by atoms with E-state index in [1.165, 1.54) is 13.8 Å². The van der Waals surface area contributed by atoms with Crippen LogP contribution in [0.3, 0.4) is 0 Å². The first kappa shape index (κ1) is 67.1. The molecule has 16 N–H and O–H groups in total. The Kier molecular flexibility index (Phi) is 18.6. The average Bonchev–Trinajstić information content (AvgIpc) is 1.62. The quantitative estimate of drug-likeness (QED) is 0.0587. The second-order valence-corrected chi connectivity index (χ2v) is 29.4. The van der Waals surface area contributed by atoms with E-state index >= 15 is 0 Å². The molecule has 6 saturated heterocycles. The van der Waals surface area contributed by atoms with Crippen LogP contribution in [-0.4, -0.2) is 286 Å². The van der Waals surface area contributed by atoms with Crippen LogP contribution in [0, 0.1) is 50.2 Å². The second kappa shape index (κ2) is 24.1. The molecule has 1 unspecified atom stereocenters. The molecule has 11 aliphatic rings. The van der Waals surface area contributed by atoms with Crippen LogP contribution in [0.25, 0.3) is 0 Å². The van der Waals surface area contributed by atoms with Crippen molar-refractivity contribution in [2.75, 3.05) is 33.0 Å². The van der Waals surface area contributed by atoms with Gasteiger partial charge < -0.3 is 134 Å². The minimum Gasteiger partial charge on any atom is -0.396 e. The van der Waals surface area contributed by atoms with Crippen LogP contribution in [0.4, 0.5) is 0 Å². The fourth-order valence-electron chi connectivity index (χ4n) is 18.7. The topological polar surface area (TPSA) is 425 Å². The van der Waals surface area contributed by atoms with Crippen LogP contribution >= 0.6 is 0 Å². The maximum Gasteiger partial charge on any atom is 0.187 e. The molecule has 10 fully saturated rings. The van der Waals surface area contributed by atoms with E-state index in [0.717, 1.165) is 19.3 Å². The number of hydrogen-bond donors (Lipinski definition) is 16. The molecule has 27 nitrogen and oxygen atoms in total. The van der Waals surface area contributed by atoms with Gasteiger partial charge in [-0.15, -0.1) is 0 Å². The highest BCUT2D eigenvalue weighted by Crippen LogP contribution is 2.79. The van der Waals surface area contributed by atoms with E-state index in [9.17, 15) is 81.7 Å². The van der Waals surface area contributed by atoms with Gasteiger partial charge in [-0.05, 0) is 93.3 Å². The highest BCUT2D eigenvalue weighted by Gasteiger charge is 2.80. The molecular weight excluding hydrogens is 1150 g/mol. The number of aliphatic hydroxyl groups is 16. The highest BCUT2D eigenvalue weighted by molar-refractivity contribution is 5.36. The fraction of sp³-hybridized carbons (Fsp3) is 0.967. The van der Waals surface area contributed by atoms with E-state index in [1.54, 1.807) is 0 Å². The lowest BCUT2D eigenvalue weighted by molar-refractivity contribution is -0.403. The fourth-order valence-corrected chi connectivity index (χ4v) is 18.7. The van der Waals surface area contributed by atoms with Gasteiger partial charge in [0.15, 0.2) is 31.5 Å². The van der Waals surface area contributed by atoms with Crippen molar-refractivity contribution in [2.24, 2.45) is 50.2 Å². The number of fused-ring (bicyclic) bond motifs is 4. The molecule has 500 valence electrons.